The molecule has 0 radical (unpaired) electrons. The maximum atomic E-state index is 6.01. The van der Waals surface area contributed by atoms with Gasteiger partial charge in [0.05, 0.1) is 5.69 Å². The van der Waals surface area contributed by atoms with E-state index in [1.54, 1.807) is 0 Å². The van der Waals surface area contributed by atoms with E-state index in [0.29, 0.717) is 0 Å². The molecule has 1 atom stereocenters. The number of allylic oxidation sites excluding steroid dienone is 2. The number of hydrogen-bond acceptors (Lipinski definition) is 4. The summed E-state index contributed by atoms with van der Waals surface area (Å²) >= 11 is 0. The molecule has 0 amide bonds. The van der Waals surface area contributed by atoms with Crippen LogP contribution in [0.3, 0.4) is 0 Å². The van der Waals surface area contributed by atoms with Crippen LogP contribution in [0.4, 0.5) is 5.69 Å². The molecule has 1 fully saturated rings. The van der Waals surface area contributed by atoms with Crippen LogP contribution in [0.15, 0.2) is 53.2 Å². The second-order valence-corrected chi connectivity index (χ2v) is 6.41. The summed E-state index contributed by atoms with van der Waals surface area (Å²) < 4.78 is 6.01. The minimum Gasteiger partial charge on any atom is -0.461 e. The first-order valence-corrected chi connectivity index (χ1v) is 8.45. The Morgan fingerprint density at radius 1 is 1.26 bits per heavy atom. The van der Waals surface area contributed by atoms with E-state index in [1.807, 2.05) is 29.6 Å². The lowest BCUT2D eigenvalue weighted by Crippen LogP contribution is -2.29. The van der Waals surface area contributed by atoms with Crippen molar-refractivity contribution in [3.8, 4) is 0 Å². The summed E-state index contributed by atoms with van der Waals surface area (Å²) in [5.41, 5.74) is 5.28. The summed E-state index contributed by atoms with van der Waals surface area (Å²) in [5.74, 6) is 1.08. The molecule has 0 saturated carbocycles. The van der Waals surface area contributed by atoms with Crippen molar-refractivity contribution in [1.82, 2.24) is 10.3 Å². The topological polar surface area (TPSA) is 31.6 Å². The molecular formula is C19H23N3O. The molecule has 0 unspecified atom stereocenters. The fourth-order valence-electron chi connectivity index (χ4n) is 3.46. The number of nitrogens with zero attached hydrogens (tertiary/aromatic N) is 2. The lowest BCUT2D eigenvalue weighted by Gasteiger charge is -2.21. The van der Waals surface area contributed by atoms with Crippen LogP contribution in [0.5, 0.6) is 0 Å². The van der Waals surface area contributed by atoms with Crippen molar-refractivity contribution in [1.29, 1.82) is 0 Å². The molecule has 4 rings (SSSR count). The van der Waals surface area contributed by atoms with Gasteiger partial charge in [0.2, 0.25) is 0 Å². The average molecular weight is 309 g/mol. The molecule has 1 N–H and O–H groups in total. The Morgan fingerprint density at radius 2 is 2.22 bits per heavy atom. The summed E-state index contributed by atoms with van der Waals surface area (Å²) in [6.07, 6.45) is 11.6. The van der Waals surface area contributed by atoms with E-state index >= 15 is 0 Å². The molecule has 2 aromatic rings. The van der Waals surface area contributed by atoms with E-state index in [1.165, 1.54) is 19.4 Å². The minimum atomic E-state index is 0.719. The molecule has 2 aliphatic rings. The number of rotatable bonds is 4. The number of furan rings is 1. The van der Waals surface area contributed by atoms with Crippen LogP contribution in [0.1, 0.15) is 25.5 Å². The second kappa shape index (κ2) is 6.13. The van der Waals surface area contributed by atoms with E-state index in [0.717, 1.165) is 41.4 Å². The van der Waals surface area contributed by atoms with E-state index in [-0.39, 0.29) is 0 Å². The van der Waals surface area contributed by atoms with E-state index in [4.69, 9.17) is 4.42 Å². The summed E-state index contributed by atoms with van der Waals surface area (Å²) in [5, 5.41) is 3.16. The first-order chi connectivity index (χ1) is 11.3. The van der Waals surface area contributed by atoms with Crippen molar-refractivity contribution < 1.29 is 4.42 Å². The summed E-state index contributed by atoms with van der Waals surface area (Å²) in [4.78, 5) is 2.56. The molecule has 2 aliphatic heterocycles. The van der Waals surface area contributed by atoms with Gasteiger partial charge in [0.1, 0.15) is 11.3 Å². The highest BCUT2D eigenvalue weighted by atomic mass is 16.3. The second-order valence-electron chi connectivity index (χ2n) is 6.41. The van der Waals surface area contributed by atoms with Crippen LogP contribution < -0.4 is 10.4 Å². The van der Waals surface area contributed by atoms with Crippen LogP contribution in [0, 0.1) is 0 Å². The van der Waals surface area contributed by atoms with Gasteiger partial charge in [-0.3, -0.25) is 5.01 Å². The quantitative estimate of drug-likeness (QED) is 0.930. The van der Waals surface area contributed by atoms with Crippen LogP contribution in [-0.2, 0) is 6.42 Å². The largest absolute Gasteiger partial charge is 0.461 e. The van der Waals surface area contributed by atoms with E-state index in [2.05, 4.69) is 41.5 Å². The predicted molar refractivity (Wildman–Crippen MR) is 94.1 cm³/mol. The smallest absolute Gasteiger partial charge is 0.134 e. The normalized spacial score (nSPS) is 21.3. The minimum absolute atomic E-state index is 0.719. The molecule has 0 bridgehead atoms. The Bertz CT molecular complexity index is 746. The lowest BCUT2D eigenvalue weighted by atomic mass is 10.2. The molecule has 3 heterocycles. The number of anilines is 1. The Labute approximate surface area is 137 Å². The number of benzene rings is 1. The number of nitrogens with one attached hydrogen (secondary N) is 1. The van der Waals surface area contributed by atoms with Crippen LogP contribution in [0.25, 0.3) is 11.0 Å². The number of likely N-dealkylation sites (tertiary alicyclic amines) is 1. The highest BCUT2D eigenvalue weighted by Gasteiger charge is 2.20. The molecule has 23 heavy (non-hydrogen) atoms. The molecule has 1 aromatic heterocycles. The zero-order valence-electron chi connectivity index (χ0n) is 13.5. The Kier molecular flexibility index (Phi) is 3.83. The van der Waals surface area contributed by atoms with Gasteiger partial charge in [-0.05, 0) is 62.7 Å². The highest BCUT2D eigenvalue weighted by molar-refractivity contribution is 5.82. The third-order valence-electron chi connectivity index (χ3n) is 4.82. The van der Waals surface area contributed by atoms with Gasteiger partial charge in [-0.25, -0.2) is 0 Å². The highest BCUT2D eigenvalue weighted by Crippen LogP contribution is 2.26. The average Bonchev–Trinajstić information content (AvgIpc) is 3.18. The molecule has 1 saturated heterocycles. The zero-order valence-corrected chi connectivity index (χ0v) is 13.5. The third-order valence-corrected chi connectivity index (χ3v) is 4.82. The third kappa shape index (κ3) is 2.99. The zero-order chi connectivity index (χ0) is 15.6. The van der Waals surface area contributed by atoms with Crippen LogP contribution >= 0.6 is 0 Å². The van der Waals surface area contributed by atoms with Gasteiger partial charge in [0.15, 0.2) is 0 Å². The van der Waals surface area contributed by atoms with Crippen molar-refractivity contribution in [2.24, 2.45) is 0 Å². The monoisotopic (exact) mass is 309 g/mol. The van der Waals surface area contributed by atoms with Gasteiger partial charge in [-0.1, -0.05) is 0 Å². The Hall–Kier alpha value is -2.20. The van der Waals surface area contributed by atoms with Crippen LogP contribution in [-0.4, -0.2) is 24.0 Å². The van der Waals surface area contributed by atoms with Crippen molar-refractivity contribution >= 4 is 16.7 Å². The van der Waals surface area contributed by atoms with Crippen molar-refractivity contribution in [3.63, 3.8) is 0 Å². The molecule has 4 heteroatoms. The standard InChI is InChI=1S/C19H23N3O/c1-15-5-4-10-21(15)12-8-18-14-16-13-17(6-7-19(16)23-18)22-11-3-2-9-20-22/h2-3,6-7,9,11,13-15,20H,4-5,8,10,12H2,1H3/t15-/m1/s1. The maximum absolute atomic E-state index is 6.01. The fraction of sp³-hybridized carbons (Fsp3) is 0.368. The first kappa shape index (κ1) is 14.4. The number of hydrazine groups is 1. The van der Waals surface area contributed by atoms with Crippen molar-refractivity contribution in [2.45, 2.75) is 32.2 Å². The fourth-order valence-corrected chi connectivity index (χ4v) is 3.46. The predicted octanol–water partition coefficient (Wildman–Crippen LogP) is 3.81. The number of hydrogen-bond donors (Lipinski definition) is 1. The van der Waals surface area contributed by atoms with Crippen LogP contribution in [0.2, 0.25) is 0 Å². The SMILES string of the molecule is C[C@@H]1CCCN1CCc1cc2cc(N3C=CC=CN3)ccc2o1. The maximum Gasteiger partial charge on any atom is 0.134 e. The Balaban J connectivity index is 1.49. The summed E-state index contributed by atoms with van der Waals surface area (Å²) in [6, 6.07) is 9.20. The molecule has 4 nitrogen and oxygen atoms in total. The lowest BCUT2D eigenvalue weighted by molar-refractivity contribution is 0.266. The van der Waals surface area contributed by atoms with Gasteiger partial charge in [-0.15, -0.1) is 0 Å². The van der Waals surface area contributed by atoms with E-state index < -0.39 is 0 Å². The van der Waals surface area contributed by atoms with Gasteiger partial charge in [-0.2, -0.15) is 0 Å². The number of fused-ring (bicyclic) bond motifs is 1. The molecule has 0 aliphatic carbocycles. The molecule has 0 spiro atoms. The van der Waals surface area contributed by atoms with Gasteiger partial charge in [0.25, 0.3) is 0 Å². The van der Waals surface area contributed by atoms with Gasteiger partial charge < -0.3 is 14.7 Å². The van der Waals surface area contributed by atoms with E-state index in [9.17, 15) is 0 Å². The van der Waals surface area contributed by atoms with Crippen molar-refractivity contribution in [2.75, 3.05) is 18.1 Å². The molecule has 1 aromatic carbocycles. The first-order valence-electron chi connectivity index (χ1n) is 8.45. The Morgan fingerprint density at radius 3 is 3.00 bits per heavy atom. The van der Waals surface area contributed by atoms with Crippen molar-refractivity contribution in [3.05, 3.63) is 54.6 Å². The molecular weight excluding hydrogens is 286 g/mol. The summed E-state index contributed by atoms with van der Waals surface area (Å²) in [6.45, 7) is 4.65. The molecule has 120 valence electrons. The van der Waals surface area contributed by atoms with Gasteiger partial charge >= 0.3 is 0 Å². The summed E-state index contributed by atoms with van der Waals surface area (Å²) in [7, 11) is 0. The van der Waals surface area contributed by atoms with Gasteiger partial charge in [0, 0.05) is 36.8 Å².